The van der Waals surface area contributed by atoms with Gasteiger partial charge in [0.05, 0.1) is 5.75 Å². The van der Waals surface area contributed by atoms with Crippen LogP contribution in [0.5, 0.6) is 0 Å². The average molecular weight is 328 g/mol. The van der Waals surface area contributed by atoms with Crippen LogP contribution in [0.4, 0.5) is 0 Å². The highest BCUT2D eigenvalue weighted by Gasteiger charge is 2.21. The zero-order valence-corrected chi connectivity index (χ0v) is 14.0. The number of amides is 1. The van der Waals surface area contributed by atoms with E-state index in [9.17, 15) is 13.2 Å². The summed E-state index contributed by atoms with van der Waals surface area (Å²) in [6.45, 7) is 3.39. The minimum Gasteiger partial charge on any atom is -0.340 e. The summed E-state index contributed by atoms with van der Waals surface area (Å²) in [5.74, 6) is 0.338. The number of carbonyl (C=O) groups is 1. The van der Waals surface area contributed by atoms with E-state index in [-0.39, 0.29) is 11.7 Å². The van der Waals surface area contributed by atoms with Gasteiger partial charge in [0.2, 0.25) is 5.91 Å². The van der Waals surface area contributed by atoms with Crippen molar-refractivity contribution < 1.29 is 13.2 Å². The molecule has 7 nitrogen and oxygen atoms in total. The molecule has 2 rings (SSSR count). The molecule has 1 saturated heterocycles. The first-order chi connectivity index (χ1) is 10.3. The van der Waals surface area contributed by atoms with Crippen LogP contribution >= 0.6 is 0 Å². The third kappa shape index (κ3) is 5.10. The molecule has 1 fully saturated rings. The highest BCUT2D eigenvalue weighted by atomic mass is 32.2. The molecule has 124 valence electrons. The van der Waals surface area contributed by atoms with E-state index < -0.39 is 9.84 Å². The van der Waals surface area contributed by atoms with Crippen molar-refractivity contribution in [3.05, 3.63) is 18.0 Å². The number of aryl methyl sites for hydroxylation is 2. The molecule has 0 N–H and O–H groups in total. The molecule has 1 aromatic rings. The number of piperazine rings is 1. The Morgan fingerprint density at radius 2 is 1.95 bits per heavy atom. The predicted molar refractivity (Wildman–Crippen MR) is 84.3 cm³/mol. The number of hydrogen-bond acceptors (Lipinski definition) is 5. The summed E-state index contributed by atoms with van der Waals surface area (Å²) in [5.41, 5.74) is 1.06. The zero-order chi connectivity index (χ0) is 16.2. The molecule has 0 bridgehead atoms. The van der Waals surface area contributed by atoms with Gasteiger partial charge in [0.1, 0.15) is 9.84 Å². The Balaban J connectivity index is 1.72. The lowest BCUT2D eigenvalue weighted by Crippen LogP contribution is -2.49. The van der Waals surface area contributed by atoms with Gasteiger partial charge in [-0.15, -0.1) is 0 Å². The molecule has 1 aromatic heterocycles. The van der Waals surface area contributed by atoms with Gasteiger partial charge in [-0.2, -0.15) is 5.10 Å². The van der Waals surface area contributed by atoms with E-state index in [0.717, 1.165) is 18.8 Å². The molecule has 0 atom stereocenters. The summed E-state index contributed by atoms with van der Waals surface area (Å²) in [6.07, 6.45) is 4.18. The van der Waals surface area contributed by atoms with Gasteiger partial charge in [0, 0.05) is 64.3 Å². The maximum absolute atomic E-state index is 12.2. The SMILES string of the molecule is Cn1nccc1CCC(=O)N1CCN(CCS(C)(=O)=O)CC1. The van der Waals surface area contributed by atoms with Crippen molar-refractivity contribution in [3.63, 3.8) is 0 Å². The maximum Gasteiger partial charge on any atom is 0.223 e. The molecule has 1 amide bonds. The summed E-state index contributed by atoms with van der Waals surface area (Å²) >= 11 is 0. The molecule has 0 saturated carbocycles. The number of hydrogen-bond donors (Lipinski definition) is 0. The molecule has 0 radical (unpaired) electrons. The van der Waals surface area contributed by atoms with Crippen LogP contribution in [0, 0.1) is 0 Å². The van der Waals surface area contributed by atoms with Crippen molar-refractivity contribution >= 4 is 15.7 Å². The highest BCUT2D eigenvalue weighted by Crippen LogP contribution is 2.07. The lowest BCUT2D eigenvalue weighted by Gasteiger charge is -2.34. The van der Waals surface area contributed by atoms with Gasteiger partial charge in [-0.25, -0.2) is 8.42 Å². The van der Waals surface area contributed by atoms with Gasteiger partial charge < -0.3 is 4.90 Å². The van der Waals surface area contributed by atoms with E-state index in [1.807, 2.05) is 18.0 Å². The van der Waals surface area contributed by atoms with Gasteiger partial charge in [0.15, 0.2) is 0 Å². The van der Waals surface area contributed by atoms with Gasteiger partial charge in [0.25, 0.3) is 0 Å². The van der Waals surface area contributed by atoms with Crippen molar-refractivity contribution in [2.75, 3.05) is 44.7 Å². The zero-order valence-electron chi connectivity index (χ0n) is 13.2. The van der Waals surface area contributed by atoms with Crippen LogP contribution in [-0.4, -0.2) is 78.6 Å². The van der Waals surface area contributed by atoms with Crippen LogP contribution in [-0.2, 0) is 28.1 Å². The van der Waals surface area contributed by atoms with E-state index >= 15 is 0 Å². The molecule has 8 heteroatoms. The summed E-state index contributed by atoms with van der Waals surface area (Å²) in [6, 6.07) is 1.93. The second-order valence-electron chi connectivity index (χ2n) is 5.80. The Morgan fingerprint density at radius 3 is 2.50 bits per heavy atom. The van der Waals surface area contributed by atoms with Crippen molar-refractivity contribution in [2.24, 2.45) is 7.05 Å². The van der Waals surface area contributed by atoms with Crippen LogP contribution < -0.4 is 0 Å². The van der Waals surface area contributed by atoms with Gasteiger partial charge >= 0.3 is 0 Å². The standard InChI is InChI=1S/C14H24N4O3S/c1-16-13(5-6-15-16)3-4-14(19)18-9-7-17(8-10-18)11-12-22(2,20)21/h5-6H,3-4,7-12H2,1-2H3. The molecule has 2 heterocycles. The second kappa shape index (κ2) is 7.23. The average Bonchev–Trinajstić information content (AvgIpc) is 2.88. The Hall–Kier alpha value is -1.41. The normalized spacial score (nSPS) is 16.9. The van der Waals surface area contributed by atoms with E-state index in [1.54, 1.807) is 10.9 Å². The summed E-state index contributed by atoms with van der Waals surface area (Å²) in [7, 11) is -1.05. The van der Waals surface area contributed by atoms with Crippen molar-refractivity contribution in [2.45, 2.75) is 12.8 Å². The van der Waals surface area contributed by atoms with Gasteiger partial charge in [-0.3, -0.25) is 14.4 Å². The quantitative estimate of drug-likeness (QED) is 0.706. The van der Waals surface area contributed by atoms with Crippen molar-refractivity contribution in [1.82, 2.24) is 19.6 Å². The Bertz CT molecular complexity index is 603. The van der Waals surface area contributed by atoms with Crippen LogP contribution in [0.25, 0.3) is 0 Å². The van der Waals surface area contributed by atoms with Crippen molar-refractivity contribution in [1.29, 1.82) is 0 Å². The monoisotopic (exact) mass is 328 g/mol. The smallest absolute Gasteiger partial charge is 0.223 e. The fourth-order valence-corrected chi connectivity index (χ4v) is 3.15. The van der Waals surface area contributed by atoms with Gasteiger partial charge in [-0.1, -0.05) is 0 Å². The van der Waals surface area contributed by atoms with E-state index in [0.29, 0.717) is 32.5 Å². The highest BCUT2D eigenvalue weighted by molar-refractivity contribution is 7.90. The number of rotatable bonds is 6. The fraction of sp³-hybridized carbons (Fsp3) is 0.714. The molecular weight excluding hydrogens is 304 g/mol. The number of aromatic nitrogens is 2. The number of nitrogens with zero attached hydrogens (tertiary/aromatic N) is 4. The number of sulfone groups is 1. The van der Waals surface area contributed by atoms with Crippen LogP contribution in [0.3, 0.4) is 0 Å². The van der Waals surface area contributed by atoms with E-state index in [2.05, 4.69) is 10.00 Å². The first-order valence-corrected chi connectivity index (χ1v) is 9.56. The summed E-state index contributed by atoms with van der Waals surface area (Å²) in [5, 5.41) is 4.09. The summed E-state index contributed by atoms with van der Waals surface area (Å²) < 4.78 is 24.1. The van der Waals surface area contributed by atoms with Crippen LogP contribution in [0.1, 0.15) is 12.1 Å². The van der Waals surface area contributed by atoms with Crippen LogP contribution in [0.15, 0.2) is 12.3 Å². The van der Waals surface area contributed by atoms with Gasteiger partial charge in [-0.05, 0) is 12.5 Å². The molecule has 22 heavy (non-hydrogen) atoms. The largest absolute Gasteiger partial charge is 0.340 e. The van der Waals surface area contributed by atoms with E-state index in [4.69, 9.17) is 0 Å². The lowest BCUT2D eigenvalue weighted by molar-refractivity contribution is -0.132. The fourth-order valence-electron chi connectivity index (χ4n) is 2.56. The molecule has 0 spiro atoms. The maximum atomic E-state index is 12.2. The Kier molecular flexibility index (Phi) is 5.57. The first kappa shape index (κ1) is 17.0. The minimum atomic E-state index is -2.92. The minimum absolute atomic E-state index is 0.156. The molecule has 1 aliphatic heterocycles. The molecule has 0 unspecified atom stereocenters. The Labute approximate surface area is 131 Å². The first-order valence-electron chi connectivity index (χ1n) is 7.50. The third-order valence-corrected chi connectivity index (χ3v) is 4.94. The topological polar surface area (TPSA) is 75.5 Å². The van der Waals surface area contributed by atoms with Crippen LogP contribution in [0.2, 0.25) is 0 Å². The van der Waals surface area contributed by atoms with Crippen molar-refractivity contribution in [3.8, 4) is 0 Å². The molecule has 0 aromatic carbocycles. The molecule has 1 aliphatic rings. The van der Waals surface area contributed by atoms with E-state index in [1.165, 1.54) is 6.26 Å². The lowest BCUT2D eigenvalue weighted by atomic mass is 10.2. The molecular formula is C14H24N4O3S. The Morgan fingerprint density at radius 1 is 1.27 bits per heavy atom. The molecule has 0 aliphatic carbocycles. The number of carbonyl (C=O) groups excluding carboxylic acids is 1. The summed E-state index contributed by atoms with van der Waals surface area (Å²) in [4.78, 5) is 16.2. The third-order valence-electron chi connectivity index (χ3n) is 4.02. The predicted octanol–water partition coefficient (Wildman–Crippen LogP) is -0.458. The second-order valence-corrected chi connectivity index (χ2v) is 8.06.